The molecule has 0 aliphatic carbocycles. The van der Waals surface area contributed by atoms with Crippen molar-refractivity contribution in [2.24, 2.45) is 7.05 Å². The fourth-order valence-electron chi connectivity index (χ4n) is 2.69. The molecule has 4 heteroatoms. The molecule has 0 aliphatic heterocycles. The molecule has 1 atom stereocenters. The van der Waals surface area contributed by atoms with E-state index in [0.29, 0.717) is 0 Å². The zero-order valence-corrected chi connectivity index (χ0v) is 13.3. The quantitative estimate of drug-likeness (QED) is 0.778. The van der Waals surface area contributed by atoms with Crippen molar-refractivity contribution in [2.75, 3.05) is 0 Å². The van der Waals surface area contributed by atoms with Crippen LogP contribution < -0.4 is 5.32 Å². The first kappa shape index (κ1) is 15.4. The van der Waals surface area contributed by atoms with E-state index in [1.807, 2.05) is 29.9 Å². The number of hydrogen-bond donors (Lipinski definition) is 1. The zero-order valence-electron chi connectivity index (χ0n) is 13.3. The average Bonchev–Trinajstić information content (AvgIpc) is 2.97. The van der Waals surface area contributed by atoms with Crippen molar-refractivity contribution in [1.29, 1.82) is 0 Å². The van der Waals surface area contributed by atoms with Crippen LogP contribution in [0.5, 0.6) is 0 Å². The Bertz CT molecular complexity index is 777. The molecular formula is C19H20FN3. The molecule has 3 nitrogen and oxygen atoms in total. The number of benzene rings is 2. The number of halogens is 1. The Hall–Kier alpha value is -2.46. The molecule has 0 fully saturated rings. The van der Waals surface area contributed by atoms with Crippen LogP contribution in [0.1, 0.15) is 28.6 Å². The molecule has 118 valence electrons. The van der Waals surface area contributed by atoms with E-state index >= 15 is 0 Å². The normalized spacial score (nSPS) is 12.3. The van der Waals surface area contributed by atoms with E-state index in [0.717, 1.165) is 17.9 Å². The van der Waals surface area contributed by atoms with Gasteiger partial charge in [0, 0.05) is 26.0 Å². The third kappa shape index (κ3) is 3.48. The molecule has 0 spiro atoms. The number of nitrogens with one attached hydrogen (secondary N) is 1. The average molecular weight is 309 g/mol. The maximum absolute atomic E-state index is 13.2. The minimum Gasteiger partial charge on any atom is -0.336 e. The molecule has 0 amide bonds. The molecule has 23 heavy (non-hydrogen) atoms. The van der Waals surface area contributed by atoms with Gasteiger partial charge < -0.3 is 4.57 Å². The first-order valence-electron chi connectivity index (χ1n) is 7.65. The predicted molar refractivity (Wildman–Crippen MR) is 89.5 cm³/mol. The minimum absolute atomic E-state index is 0.0878. The second-order valence-corrected chi connectivity index (χ2v) is 5.69. The molecule has 0 aliphatic rings. The van der Waals surface area contributed by atoms with Gasteiger partial charge in [0.15, 0.2) is 0 Å². The van der Waals surface area contributed by atoms with Crippen LogP contribution in [0.3, 0.4) is 0 Å². The summed E-state index contributed by atoms with van der Waals surface area (Å²) in [6.45, 7) is 2.83. The van der Waals surface area contributed by atoms with E-state index < -0.39 is 0 Å². The highest BCUT2D eigenvalue weighted by Crippen LogP contribution is 2.22. The largest absolute Gasteiger partial charge is 0.336 e. The van der Waals surface area contributed by atoms with E-state index in [-0.39, 0.29) is 11.9 Å². The van der Waals surface area contributed by atoms with Crippen LogP contribution in [0, 0.1) is 12.7 Å². The van der Waals surface area contributed by atoms with E-state index in [1.165, 1.54) is 23.3 Å². The van der Waals surface area contributed by atoms with Crippen molar-refractivity contribution < 1.29 is 4.39 Å². The molecular weight excluding hydrogens is 289 g/mol. The summed E-state index contributed by atoms with van der Waals surface area (Å²) in [6, 6.07) is 14.8. The minimum atomic E-state index is -0.230. The van der Waals surface area contributed by atoms with Crippen LogP contribution in [0.2, 0.25) is 0 Å². The summed E-state index contributed by atoms with van der Waals surface area (Å²) < 4.78 is 15.2. The third-order valence-electron chi connectivity index (χ3n) is 4.08. The zero-order chi connectivity index (χ0) is 16.2. The monoisotopic (exact) mass is 309 g/mol. The van der Waals surface area contributed by atoms with E-state index in [1.54, 1.807) is 18.3 Å². The summed E-state index contributed by atoms with van der Waals surface area (Å²) in [6.07, 6.45) is 3.70. The lowest BCUT2D eigenvalue weighted by molar-refractivity contribution is 0.555. The molecule has 2 aromatic carbocycles. The Morgan fingerprint density at radius 1 is 1.13 bits per heavy atom. The molecule has 3 rings (SSSR count). The Kier molecular flexibility index (Phi) is 4.53. The highest BCUT2D eigenvalue weighted by Gasteiger charge is 2.18. The topological polar surface area (TPSA) is 29.9 Å². The van der Waals surface area contributed by atoms with Gasteiger partial charge in [-0.15, -0.1) is 0 Å². The third-order valence-corrected chi connectivity index (χ3v) is 4.08. The predicted octanol–water partition coefficient (Wildman–Crippen LogP) is 3.75. The molecule has 1 N–H and O–H groups in total. The first-order valence-corrected chi connectivity index (χ1v) is 7.65. The van der Waals surface area contributed by atoms with Crippen LogP contribution in [-0.4, -0.2) is 9.55 Å². The van der Waals surface area contributed by atoms with Crippen molar-refractivity contribution in [2.45, 2.75) is 19.5 Å². The van der Waals surface area contributed by atoms with Gasteiger partial charge in [0.05, 0.1) is 6.04 Å². The van der Waals surface area contributed by atoms with Gasteiger partial charge >= 0.3 is 0 Å². The molecule has 0 saturated carbocycles. The van der Waals surface area contributed by atoms with Crippen molar-refractivity contribution in [1.82, 2.24) is 14.9 Å². The summed E-state index contributed by atoms with van der Waals surface area (Å²) in [5.74, 6) is 0.677. The van der Waals surface area contributed by atoms with Crippen molar-refractivity contribution in [3.05, 3.63) is 89.3 Å². The summed E-state index contributed by atoms with van der Waals surface area (Å²) >= 11 is 0. The van der Waals surface area contributed by atoms with E-state index in [4.69, 9.17) is 0 Å². The van der Waals surface area contributed by atoms with Gasteiger partial charge in [-0.25, -0.2) is 9.37 Å². The second-order valence-electron chi connectivity index (χ2n) is 5.69. The summed E-state index contributed by atoms with van der Waals surface area (Å²) in [7, 11) is 1.97. The van der Waals surface area contributed by atoms with Gasteiger partial charge in [0.25, 0.3) is 0 Å². The van der Waals surface area contributed by atoms with Crippen LogP contribution >= 0.6 is 0 Å². The number of aryl methyl sites for hydroxylation is 2. The molecule has 1 heterocycles. The molecule has 0 saturated heterocycles. The SMILES string of the molecule is Cc1ccccc1CN[C@H](c1ccc(F)cc1)c1nccn1C. The molecule has 0 radical (unpaired) electrons. The second kappa shape index (κ2) is 6.75. The Morgan fingerprint density at radius 2 is 1.87 bits per heavy atom. The Labute approximate surface area is 135 Å². The number of hydrogen-bond acceptors (Lipinski definition) is 2. The molecule has 0 unspecified atom stereocenters. The van der Waals surface area contributed by atoms with Crippen LogP contribution in [0.4, 0.5) is 4.39 Å². The number of rotatable bonds is 5. The van der Waals surface area contributed by atoms with Crippen molar-refractivity contribution in [3.63, 3.8) is 0 Å². The molecule has 0 bridgehead atoms. The van der Waals surface area contributed by atoms with E-state index in [2.05, 4.69) is 29.4 Å². The smallest absolute Gasteiger partial charge is 0.130 e. The lowest BCUT2D eigenvalue weighted by atomic mass is 10.0. The standard InChI is InChI=1S/C19H20FN3/c1-14-5-3-4-6-16(14)13-22-18(19-21-11-12-23(19)2)15-7-9-17(20)10-8-15/h3-12,18,22H,13H2,1-2H3/t18-/m1/s1. The van der Waals surface area contributed by atoms with Crippen LogP contribution in [0.15, 0.2) is 60.9 Å². The van der Waals surface area contributed by atoms with Gasteiger partial charge in [-0.2, -0.15) is 0 Å². The first-order chi connectivity index (χ1) is 11.1. The van der Waals surface area contributed by atoms with Gasteiger partial charge in [0.2, 0.25) is 0 Å². The Morgan fingerprint density at radius 3 is 2.52 bits per heavy atom. The summed E-state index contributed by atoms with van der Waals surface area (Å²) in [5.41, 5.74) is 3.49. The summed E-state index contributed by atoms with van der Waals surface area (Å²) in [4.78, 5) is 4.46. The van der Waals surface area contributed by atoms with Gasteiger partial charge in [-0.05, 0) is 35.7 Å². The lowest BCUT2D eigenvalue weighted by Crippen LogP contribution is -2.25. The van der Waals surface area contributed by atoms with Gasteiger partial charge in [-0.3, -0.25) is 5.32 Å². The lowest BCUT2D eigenvalue weighted by Gasteiger charge is -2.20. The fourth-order valence-corrected chi connectivity index (χ4v) is 2.69. The van der Waals surface area contributed by atoms with E-state index in [9.17, 15) is 4.39 Å². The van der Waals surface area contributed by atoms with Gasteiger partial charge in [-0.1, -0.05) is 36.4 Å². The maximum Gasteiger partial charge on any atom is 0.130 e. The number of imidazole rings is 1. The molecule has 3 aromatic rings. The number of nitrogens with zero attached hydrogens (tertiary/aromatic N) is 2. The highest BCUT2D eigenvalue weighted by atomic mass is 19.1. The van der Waals surface area contributed by atoms with Crippen LogP contribution in [0.25, 0.3) is 0 Å². The fraction of sp³-hybridized carbons (Fsp3) is 0.211. The molecule has 1 aromatic heterocycles. The van der Waals surface area contributed by atoms with Gasteiger partial charge in [0.1, 0.15) is 11.6 Å². The summed E-state index contributed by atoms with van der Waals surface area (Å²) in [5, 5.41) is 3.55. The number of aromatic nitrogens is 2. The maximum atomic E-state index is 13.2. The van der Waals surface area contributed by atoms with Crippen molar-refractivity contribution in [3.8, 4) is 0 Å². The van der Waals surface area contributed by atoms with Crippen LogP contribution in [-0.2, 0) is 13.6 Å². The highest BCUT2D eigenvalue weighted by molar-refractivity contribution is 5.28. The van der Waals surface area contributed by atoms with Crippen molar-refractivity contribution >= 4 is 0 Å². The Balaban J connectivity index is 1.88.